The Hall–Kier alpha value is -2.25. The SMILES string of the molecule is Cc1ncsc1-c1ccc(CNC(=O)C2CCCN2C(=O)C(N)C(C)(C)C)cc1. The Morgan fingerprint density at radius 2 is 2.00 bits per heavy atom. The number of rotatable bonds is 5. The third-order valence-corrected chi connectivity index (χ3v) is 6.44. The van der Waals surface area contributed by atoms with E-state index >= 15 is 0 Å². The highest BCUT2D eigenvalue weighted by Crippen LogP contribution is 2.27. The molecule has 2 amide bonds. The van der Waals surface area contributed by atoms with Crippen LogP contribution >= 0.6 is 11.3 Å². The summed E-state index contributed by atoms with van der Waals surface area (Å²) in [4.78, 5) is 32.6. The van der Waals surface area contributed by atoms with Crippen molar-refractivity contribution in [3.63, 3.8) is 0 Å². The van der Waals surface area contributed by atoms with Crippen molar-refractivity contribution >= 4 is 23.2 Å². The van der Waals surface area contributed by atoms with E-state index in [1.165, 1.54) is 0 Å². The molecule has 1 aliphatic rings. The molecular weight excluding hydrogens is 384 g/mol. The number of nitrogens with zero attached hydrogens (tertiary/aromatic N) is 2. The van der Waals surface area contributed by atoms with Gasteiger partial charge in [-0.2, -0.15) is 0 Å². The van der Waals surface area contributed by atoms with Crippen molar-refractivity contribution in [3.05, 3.63) is 41.0 Å². The van der Waals surface area contributed by atoms with Crippen LogP contribution in [0.1, 0.15) is 44.9 Å². The van der Waals surface area contributed by atoms with Crippen molar-refractivity contribution in [2.45, 2.75) is 59.2 Å². The number of aromatic nitrogens is 1. The summed E-state index contributed by atoms with van der Waals surface area (Å²) in [5.74, 6) is -0.251. The topological polar surface area (TPSA) is 88.3 Å². The van der Waals surface area contributed by atoms with Crippen molar-refractivity contribution in [2.24, 2.45) is 11.1 Å². The van der Waals surface area contributed by atoms with E-state index in [-0.39, 0.29) is 17.2 Å². The Morgan fingerprint density at radius 3 is 2.59 bits per heavy atom. The van der Waals surface area contributed by atoms with E-state index in [4.69, 9.17) is 5.73 Å². The Bertz CT molecular complexity index is 870. The van der Waals surface area contributed by atoms with Gasteiger partial charge in [-0.25, -0.2) is 4.98 Å². The lowest BCUT2D eigenvalue weighted by molar-refractivity contribution is -0.141. The summed E-state index contributed by atoms with van der Waals surface area (Å²) in [5, 5.41) is 2.99. The summed E-state index contributed by atoms with van der Waals surface area (Å²) in [7, 11) is 0. The summed E-state index contributed by atoms with van der Waals surface area (Å²) in [6.45, 7) is 8.85. The van der Waals surface area contributed by atoms with Gasteiger partial charge >= 0.3 is 0 Å². The Kier molecular flexibility index (Phi) is 6.39. The molecule has 0 bridgehead atoms. The number of aryl methyl sites for hydroxylation is 1. The highest BCUT2D eigenvalue weighted by Gasteiger charge is 2.39. The molecule has 0 aliphatic carbocycles. The molecule has 29 heavy (non-hydrogen) atoms. The fourth-order valence-electron chi connectivity index (χ4n) is 3.51. The maximum atomic E-state index is 12.8. The standard InChI is InChI=1S/C22H30N4O2S/c1-14-18(29-13-25-14)16-9-7-15(8-10-16)12-24-20(27)17-6-5-11-26(17)21(28)19(23)22(2,3)4/h7-10,13,17,19H,5-6,11-12,23H2,1-4H3,(H,24,27). The first-order valence-electron chi connectivity index (χ1n) is 10.0. The fourth-order valence-corrected chi connectivity index (χ4v) is 4.32. The molecule has 1 aliphatic heterocycles. The van der Waals surface area contributed by atoms with Crippen molar-refractivity contribution in [3.8, 4) is 10.4 Å². The highest BCUT2D eigenvalue weighted by atomic mass is 32.1. The van der Waals surface area contributed by atoms with Crippen LogP contribution in [0.25, 0.3) is 10.4 Å². The molecular formula is C22H30N4O2S. The number of nitrogens with two attached hydrogens (primary N) is 1. The predicted octanol–water partition coefficient (Wildman–Crippen LogP) is 3.10. The number of carbonyl (C=O) groups is 2. The third kappa shape index (κ3) is 4.85. The first-order chi connectivity index (χ1) is 13.7. The maximum absolute atomic E-state index is 12.8. The average Bonchev–Trinajstić information content (AvgIpc) is 3.33. The van der Waals surface area contributed by atoms with Crippen LogP contribution < -0.4 is 11.1 Å². The molecule has 7 heteroatoms. The van der Waals surface area contributed by atoms with Crippen LogP contribution in [-0.2, 0) is 16.1 Å². The number of thiazole rings is 1. The lowest BCUT2D eigenvalue weighted by Crippen LogP contribution is -2.54. The first kappa shape index (κ1) is 21.5. The second kappa shape index (κ2) is 8.63. The zero-order valence-corrected chi connectivity index (χ0v) is 18.4. The van der Waals surface area contributed by atoms with E-state index in [2.05, 4.69) is 22.4 Å². The Balaban J connectivity index is 1.60. The number of hydrogen-bond acceptors (Lipinski definition) is 5. The van der Waals surface area contributed by atoms with Gasteiger partial charge in [0.05, 0.1) is 22.1 Å². The van der Waals surface area contributed by atoms with Gasteiger partial charge in [0, 0.05) is 13.1 Å². The predicted molar refractivity (Wildman–Crippen MR) is 116 cm³/mol. The van der Waals surface area contributed by atoms with Gasteiger partial charge in [-0.1, -0.05) is 45.0 Å². The number of carbonyl (C=O) groups excluding carboxylic acids is 2. The van der Waals surface area contributed by atoms with Crippen LogP contribution in [0.5, 0.6) is 0 Å². The smallest absolute Gasteiger partial charge is 0.243 e. The molecule has 0 radical (unpaired) electrons. The van der Waals surface area contributed by atoms with Crippen molar-refractivity contribution in [2.75, 3.05) is 6.54 Å². The average molecular weight is 415 g/mol. The zero-order valence-electron chi connectivity index (χ0n) is 17.6. The van der Waals surface area contributed by atoms with Crippen molar-refractivity contribution < 1.29 is 9.59 Å². The number of nitrogens with one attached hydrogen (secondary N) is 1. The molecule has 3 N–H and O–H groups in total. The van der Waals surface area contributed by atoms with E-state index in [0.29, 0.717) is 19.5 Å². The molecule has 1 aromatic carbocycles. The van der Waals surface area contributed by atoms with Gasteiger partial charge in [0.25, 0.3) is 0 Å². The molecule has 156 valence electrons. The zero-order chi connectivity index (χ0) is 21.2. The summed E-state index contributed by atoms with van der Waals surface area (Å²) in [6.07, 6.45) is 1.50. The van der Waals surface area contributed by atoms with Gasteiger partial charge in [-0.3, -0.25) is 9.59 Å². The first-order valence-corrected chi connectivity index (χ1v) is 10.9. The molecule has 2 atom stereocenters. The fraction of sp³-hybridized carbons (Fsp3) is 0.500. The highest BCUT2D eigenvalue weighted by molar-refractivity contribution is 7.13. The molecule has 2 aromatic rings. The van der Waals surface area contributed by atoms with Crippen LogP contribution in [0.3, 0.4) is 0 Å². The molecule has 6 nitrogen and oxygen atoms in total. The Labute approximate surface area is 176 Å². The van der Waals surface area contributed by atoms with Crippen LogP contribution in [0.2, 0.25) is 0 Å². The molecule has 1 saturated heterocycles. The number of likely N-dealkylation sites (tertiary alicyclic amines) is 1. The van der Waals surface area contributed by atoms with Crippen LogP contribution in [0.4, 0.5) is 0 Å². The van der Waals surface area contributed by atoms with E-state index < -0.39 is 12.1 Å². The maximum Gasteiger partial charge on any atom is 0.243 e. The molecule has 2 unspecified atom stereocenters. The van der Waals surface area contributed by atoms with E-state index in [1.54, 1.807) is 16.2 Å². The molecule has 1 fully saturated rings. The quantitative estimate of drug-likeness (QED) is 0.787. The van der Waals surface area contributed by atoms with Crippen molar-refractivity contribution in [1.82, 2.24) is 15.2 Å². The van der Waals surface area contributed by atoms with Crippen LogP contribution in [-0.4, -0.2) is 40.3 Å². The Morgan fingerprint density at radius 1 is 1.31 bits per heavy atom. The van der Waals surface area contributed by atoms with Gasteiger partial charge in [0.2, 0.25) is 11.8 Å². The van der Waals surface area contributed by atoms with Gasteiger partial charge in [-0.05, 0) is 36.3 Å². The minimum atomic E-state index is -0.612. The van der Waals surface area contributed by atoms with E-state index in [0.717, 1.165) is 28.1 Å². The van der Waals surface area contributed by atoms with E-state index in [1.807, 2.05) is 45.3 Å². The van der Waals surface area contributed by atoms with Crippen LogP contribution in [0, 0.1) is 12.3 Å². The van der Waals surface area contributed by atoms with Crippen molar-refractivity contribution in [1.29, 1.82) is 0 Å². The van der Waals surface area contributed by atoms with Gasteiger partial charge < -0.3 is 16.0 Å². The summed E-state index contributed by atoms with van der Waals surface area (Å²) >= 11 is 1.62. The van der Waals surface area contributed by atoms with Gasteiger partial charge in [0.1, 0.15) is 6.04 Å². The molecule has 0 saturated carbocycles. The van der Waals surface area contributed by atoms with Gasteiger partial charge in [-0.15, -0.1) is 11.3 Å². The minimum Gasteiger partial charge on any atom is -0.350 e. The summed E-state index contributed by atoms with van der Waals surface area (Å²) < 4.78 is 0. The molecule has 0 spiro atoms. The summed E-state index contributed by atoms with van der Waals surface area (Å²) in [6, 6.07) is 7.09. The minimum absolute atomic E-state index is 0.112. The lowest BCUT2D eigenvalue weighted by atomic mass is 9.86. The molecule has 3 rings (SSSR count). The second-order valence-corrected chi connectivity index (χ2v) is 9.57. The number of benzene rings is 1. The third-order valence-electron chi connectivity index (χ3n) is 5.47. The normalized spacial score (nSPS) is 18.0. The van der Waals surface area contributed by atoms with E-state index in [9.17, 15) is 9.59 Å². The number of amides is 2. The molecule has 1 aromatic heterocycles. The monoisotopic (exact) mass is 414 g/mol. The largest absolute Gasteiger partial charge is 0.350 e. The molecule has 2 heterocycles. The van der Waals surface area contributed by atoms with Gasteiger partial charge in [0.15, 0.2) is 0 Å². The van der Waals surface area contributed by atoms with Crippen LogP contribution in [0.15, 0.2) is 29.8 Å². The lowest BCUT2D eigenvalue weighted by Gasteiger charge is -2.32. The second-order valence-electron chi connectivity index (χ2n) is 8.71. The summed E-state index contributed by atoms with van der Waals surface area (Å²) in [5.41, 5.74) is 10.8. The number of hydrogen-bond donors (Lipinski definition) is 2.